The standard InChI is InChI=1S/C5H6F3N3OS/c6-5(7,8)11-3(12)10-4-9-1-2-13-4/h1-2H2,(H2,9,10,11,12). The van der Waals surface area contributed by atoms with Crippen molar-refractivity contribution in [1.82, 2.24) is 10.6 Å². The van der Waals surface area contributed by atoms with E-state index in [1.54, 1.807) is 0 Å². The van der Waals surface area contributed by atoms with Crippen LogP contribution in [0.15, 0.2) is 4.99 Å². The third kappa shape index (κ3) is 4.02. The molecule has 8 heteroatoms. The highest BCUT2D eigenvalue weighted by molar-refractivity contribution is 8.14. The quantitative estimate of drug-likeness (QED) is 0.587. The number of rotatable bonds is 0. The van der Waals surface area contributed by atoms with Gasteiger partial charge in [-0.1, -0.05) is 11.8 Å². The molecule has 13 heavy (non-hydrogen) atoms. The maximum Gasteiger partial charge on any atom is 0.485 e. The number of nitrogens with zero attached hydrogens (tertiary/aromatic N) is 1. The first-order valence-electron chi connectivity index (χ1n) is 3.30. The number of amides is 2. The van der Waals surface area contributed by atoms with E-state index >= 15 is 0 Å². The van der Waals surface area contributed by atoms with Crippen molar-refractivity contribution >= 4 is 23.0 Å². The lowest BCUT2D eigenvalue weighted by Gasteiger charge is -2.08. The van der Waals surface area contributed by atoms with E-state index in [-0.39, 0.29) is 5.17 Å². The van der Waals surface area contributed by atoms with Crippen molar-refractivity contribution in [1.29, 1.82) is 0 Å². The minimum Gasteiger partial charge on any atom is -0.287 e. The highest BCUT2D eigenvalue weighted by Crippen LogP contribution is 2.11. The topological polar surface area (TPSA) is 53.5 Å². The van der Waals surface area contributed by atoms with Crippen LogP contribution in [0.25, 0.3) is 0 Å². The molecule has 1 heterocycles. The zero-order chi connectivity index (χ0) is 9.90. The van der Waals surface area contributed by atoms with Crippen molar-refractivity contribution in [2.24, 2.45) is 4.99 Å². The summed E-state index contributed by atoms with van der Waals surface area (Å²) in [4.78, 5) is 14.3. The average Bonchev–Trinajstić information content (AvgIpc) is 2.34. The van der Waals surface area contributed by atoms with Crippen molar-refractivity contribution in [3.8, 4) is 0 Å². The third-order valence-corrected chi connectivity index (χ3v) is 1.95. The van der Waals surface area contributed by atoms with Crippen LogP contribution in [0, 0.1) is 0 Å². The summed E-state index contributed by atoms with van der Waals surface area (Å²) in [6.45, 7) is 0.520. The van der Waals surface area contributed by atoms with Gasteiger partial charge in [0.15, 0.2) is 5.17 Å². The van der Waals surface area contributed by atoms with Crippen molar-refractivity contribution < 1.29 is 18.0 Å². The summed E-state index contributed by atoms with van der Waals surface area (Å²) in [5.41, 5.74) is 0. The first kappa shape index (κ1) is 10.2. The Hall–Kier alpha value is -0.920. The van der Waals surface area contributed by atoms with Crippen LogP contribution in [0.5, 0.6) is 0 Å². The number of amidine groups is 1. The summed E-state index contributed by atoms with van der Waals surface area (Å²) in [6.07, 6.45) is -4.70. The predicted octanol–water partition coefficient (Wildman–Crippen LogP) is 0.908. The van der Waals surface area contributed by atoms with Gasteiger partial charge >= 0.3 is 12.3 Å². The second kappa shape index (κ2) is 3.86. The van der Waals surface area contributed by atoms with E-state index in [0.29, 0.717) is 12.3 Å². The van der Waals surface area contributed by atoms with E-state index in [9.17, 15) is 18.0 Å². The Labute approximate surface area is 76.0 Å². The molecule has 0 saturated heterocycles. The number of hydrogen-bond acceptors (Lipinski definition) is 3. The fraction of sp³-hybridized carbons (Fsp3) is 0.600. The molecule has 1 aliphatic heterocycles. The Bertz CT molecular complexity index is 240. The number of urea groups is 1. The molecule has 1 aliphatic rings. The molecule has 2 N–H and O–H groups in total. The maximum absolute atomic E-state index is 11.6. The number of aliphatic imine (C=N–C) groups is 1. The van der Waals surface area contributed by atoms with Gasteiger partial charge in [0.25, 0.3) is 0 Å². The molecule has 0 aliphatic carbocycles. The lowest BCUT2D eigenvalue weighted by molar-refractivity contribution is -0.145. The van der Waals surface area contributed by atoms with Gasteiger partial charge in [-0.2, -0.15) is 13.2 Å². The lowest BCUT2D eigenvalue weighted by atomic mass is 10.8. The van der Waals surface area contributed by atoms with E-state index < -0.39 is 12.3 Å². The normalized spacial score (nSPS) is 16.7. The summed E-state index contributed by atoms with van der Waals surface area (Å²) in [7, 11) is 0. The number of hydrogen-bond donors (Lipinski definition) is 2. The molecule has 0 aromatic carbocycles. The second-order valence-electron chi connectivity index (χ2n) is 2.11. The fourth-order valence-electron chi connectivity index (χ4n) is 0.668. The molecular weight excluding hydrogens is 207 g/mol. The van der Waals surface area contributed by atoms with Gasteiger partial charge in [-0.05, 0) is 0 Å². The molecule has 74 valence electrons. The van der Waals surface area contributed by atoms with Gasteiger partial charge < -0.3 is 0 Å². The first-order valence-corrected chi connectivity index (χ1v) is 4.29. The lowest BCUT2D eigenvalue weighted by Crippen LogP contribution is -2.45. The van der Waals surface area contributed by atoms with Crippen LogP contribution < -0.4 is 10.6 Å². The molecule has 0 unspecified atom stereocenters. The Morgan fingerprint density at radius 3 is 2.69 bits per heavy atom. The molecule has 0 atom stereocenters. The Kier molecular flexibility index (Phi) is 3.02. The predicted molar refractivity (Wildman–Crippen MR) is 42.5 cm³/mol. The summed E-state index contributed by atoms with van der Waals surface area (Å²) in [5.74, 6) is 0.682. The Morgan fingerprint density at radius 1 is 1.54 bits per heavy atom. The Balaban J connectivity index is 2.33. The van der Waals surface area contributed by atoms with Gasteiger partial charge in [-0.25, -0.2) is 10.1 Å². The van der Waals surface area contributed by atoms with Gasteiger partial charge in [0, 0.05) is 5.75 Å². The molecular formula is C5H6F3N3OS. The van der Waals surface area contributed by atoms with E-state index in [1.165, 1.54) is 11.8 Å². The van der Waals surface area contributed by atoms with Gasteiger partial charge in [0.1, 0.15) is 0 Å². The molecule has 0 aromatic rings. The van der Waals surface area contributed by atoms with Crippen LogP contribution >= 0.6 is 11.8 Å². The summed E-state index contributed by atoms with van der Waals surface area (Å²) < 4.78 is 34.7. The van der Waals surface area contributed by atoms with Crippen LogP contribution in [0.2, 0.25) is 0 Å². The van der Waals surface area contributed by atoms with Crippen LogP contribution in [-0.4, -0.2) is 29.8 Å². The molecule has 0 fully saturated rings. The molecule has 0 aromatic heterocycles. The number of carbonyl (C=O) groups is 1. The highest BCUT2D eigenvalue weighted by Gasteiger charge is 2.30. The van der Waals surface area contributed by atoms with E-state index in [0.717, 1.165) is 5.32 Å². The average molecular weight is 213 g/mol. The number of carbonyl (C=O) groups excluding carboxylic acids is 1. The van der Waals surface area contributed by atoms with Gasteiger partial charge in [0.2, 0.25) is 0 Å². The zero-order valence-electron chi connectivity index (χ0n) is 6.31. The number of alkyl halides is 3. The minimum atomic E-state index is -4.70. The van der Waals surface area contributed by atoms with Gasteiger partial charge in [0.05, 0.1) is 6.54 Å². The number of halogens is 3. The largest absolute Gasteiger partial charge is 0.485 e. The SMILES string of the molecule is O=C(NC1=NCCS1)NC(F)(F)F. The summed E-state index contributed by atoms with van der Waals surface area (Å²) in [5, 5.41) is 3.00. The third-order valence-electron chi connectivity index (χ3n) is 1.06. The molecule has 2 amide bonds. The van der Waals surface area contributed by atoms with Crippen molar-refractivity contribution in [3.05, 3.63) is 0 Å². The van der Waals surface area contributed by atoms with E-state index in [1.807, 2.05) is 5.32 Å². The summed E-state index contributed by atoms with van der Waals surface area (Å²) >= 11 is 1.21. The minimum absolute atomic E-state index is 0.224. The van der Waals surface area contributed by atoms with Crippen molar-refractivity contribution in [3.63, 3.8) is 0 Å². The van der Waals surface area contributed by atoms with E-state index in [2.05, 4.69) is 4.99 Å². The number of thioether (sulfide) groups is 1. The second-order valence-corrected chi connectivity index (χ2v) is 3.20. The summed E-state index contributed by atoms with van der Waals surface area (Å²) in [6, 6.07) is -1.30. The number of nitrogens with one attached hydrogen (secondary N) is 2. The fourth-order valence-corrected chi connectivity index (χ4v) is 1.39. The van der Waals surface area contributed by atoms with Gasteiger partial charge in [-0.15, -0.1) is 0 Å². The zero-order valence-corrected chi connectivity index (χ0v) is 7.13. The smallest absolute Gasteiger partial charge is 0.287 e. The first-order chi connectivity index (χ1) is 5.97. The Morgan fingerprint density at radius 2 is 2.23 bits per heavy atom. The van der Waals surface area contributed by atoms with Crippen LogP contribution in [0.3, 0.4) is 0 Å². The van der Waals surface area contributed by atoms with E-state index in [4.69, 9.17) is 0 Å². The maximum atomic E-state index is 11.6. The van der Waals surface area contributed by atoms with Crippen LogP contribution in [-0.2, 0) is 0 Å². The molecule has 0 spiro atoms. The molecule has 0 radical (unpaired) electrons. The van der Waals surface area contributed by atoms with Crippen LogP contribution in [0.4, 0.5) is 18.0 Å². The van der Waals surface area contributed by atoms with Crippen molar-refractivity contribution in [2.75, 3.05) is 12.3 Å². The molecule has 0 saturated carbocycles. The highest BCUT2D eigenvalue weighted by atomic mass is 32.2. The molecule has 0 bridgehead atoms. The monoisotopic (exact) mass is 213 g/mol. The molecule has 4 nitrogen and oxygen atoms in total. The van der Waals surface area contributed by atoms with Crippen LogP contribution in [0.1, 0.15) is 0 Å². The van der Waals surface area contributed by atoms with Gasteiger partial charge in [-0.3, -0.25) is 10.3 Å². The molecule has 1 rings (SSSR count). The van der Waals surface area contributed by atoms with Crippen molar-refractivity contribution in [2.45, 2.75) is 6.30 Å².